The second-order valence-electron chi connectivity index (χ2n) is 4.54. The fourth-order valence-corrected chi connectivity index (χ4v) is 1.85. The second-order valence-corrected chi connectivity index (χ2v) is 4.54. The molecule has 1 aromatic carbocycles. The highest BCUT2D eigenvalue weighted by Gasteiger charge is 2.12. The monoisotopic (exact) mass is 289 g/mol. The summed E-state index contributed by atoms with van der Waals surface area (Å²) in [5, 5.41) is 4.19. The molecule has 1 aromatic heterocycles. The average Bonchev–Trinajstić information content (AvgIpc) is 2.97. The van der Waals surface area contributed by atoms with E-state index in [0.717, 1.165) is 18.5 Å². The molecule has 0 aliphatic rings. The van der Waals surface area contributed by atoms with E-state index in [1.165, 1.54) is 0 Å². The predicted molar refractivity (Wildman–Crippen MR) is 79.4 cm³/mol. The van der Waals surface area contributed by atoms with Crippen molar-refractivity contribution in [2.24, 2.45) is 0 Å². The van der Waals surface area contributed by atoms with E-state index < -0.39 is 5.97 Å². The SMILES string of the molecule is COCCCCOC(=O)c1ccn(-c2ccccc2N)n1. The Morgan fingerprint density at radius 3 is 2.76 bits per heavy atom. The van der Waals surface area contributed by atoms with Crippen LogP contribution in [0.4, 0.5) is 5.69 Å². The number of anilines is 1. The first kappa shape index (κ1) is 15.1. The highest BCUT2D eigenvalue weighted by Crippen LogP contribution is 2.15. The van der Waals surface area contributed by atoms with E-state index >= 15 is 0 Å². The van der Waals surface area contributed by atoms with Gasteiger partial charge in [0.2, 0.25) is 0 Å². The number of benzene rings is 1. The predicted octanol–water partition coefficient (Wildman–Crippen LogP) is 2.04. The number of unbranched alkanes of at least 4 members (excludes halogenated alkanes) is 1. The van der Waals surface area contributed by atoms with Crippen LogP contribution in [0.2, 0.25) is 0 Å². The summed E-state index contributed by atoms with van der Waals surface area (Å²) >= 11 is 0. The Morgan fingerprint density at radius 2 is 2.00 bits per heavy atom. The van der Waals surface area contributed by atoms with Crippen LogP contribution in [-0.4, -0.2) is 36.1 Å². The first-order chi connectivity index (χ1) is 10.2. The second kappa shape index (κ2) is 7.44. The minimum atomic E-state index is -0.430. The summed E-state index contributed by atoms with van der Waals surface area (Å²) < 4.78 is 11.6. The lowest BCUT2D eigenvalue weighted by Gasteiger charge is -2.05. The van der Waals surface area contributed by atoms with Crippen LogP contribution < -0.4 is 5.73 Å². The van der Waals surface area contributed by atoms with Gasteiger partial charge in [-0.25, -0.2) is 9.48 Å². The number of aromatic nitrogens is 2. The van der Waals surface area contributed by atoms with Gasteiger partial charge in [0.15, 0.2) is 5.69 Å². The van der Waals surface area contributed by atoms with Crippen molar-refractivity contribution in [2.75, 3.05) is 26.1 Å². The fourth-order valence-electron chi connectivity index (χ4n) is 1.85. The van der Waals surface area contributed by atoms with Crippen molar-refractivity contribution in [2.45, 2.75) is 12.8 Å². The van der Waals surface area contributed by atoms with Gasteiger partial charge in [-0.3, -0.25) is 0 Å². The smallest absolute Gasteiger partial charge is 0.358 e. The largest absolute Gasteiger partial charge is 0.461 e. The van der Waals surface area contributed by atoms with E-state index in [1.807, 2.05) is 18.2 Å². The van der Waals surface area contributed by atoms with E-state index in [-0.39, 0.29) is 5.69 Å². The molecule has 0 amide bonds. The Hall–Kier alpha value is -2.34. The number of carbonyl (C=O) groups excluding carboxylic acids is 1. The molecule has 2 aromatic rings. The zero-order valence-corrected chi connectivity index (χ0v) is 12.0. The minimum Gasteiger partial charge on any atom is -0.461 e. The number of hydrogen-bond donors (Lipinski definition) is 1. The third-order valence-electron chi connectivity index (χ3n) is 2.96. The molecule has 0 radical (unpaired) electrons. The highest BCUT2D eigenvalue weighted by atomic mass is 16.5. The van der Waals surface area contributed by atoms with Gasteiger partial charge >= 0.3 is 5.97 Å². The number of carbonyl (C=O) groups is 1. The maximum Gasteiger partial charge on any atom is 0.358 e. The van der Waals surface area contributed by atoms with E-state index in [0.29, 0.717) is 18.9 Å². The van der Waals surface area contributed by atoms with Gasteiger partial charge in [0.25, 0.3) is 0 Å². The van der Waals surface area contributed by atoms with Gasteiger partial charge in [-0.1, -0.05) is 12.1 Å². The van der Waals surface area contributed by atoms with Crippen molar-refractivity contribution in [3.8, 4) is 5.69 Å². The number of para-hydroxylation sites is 2. The first-order valence-corrected chi connectivity index (χ1v) is 6.79. The molecule has 0 unspecified atom stereocenters. The number of hydrogen-bond acceptors (Lipinski definition) is 5. The maximum atomic E-state index is 11.8. The van der Waals surface area contributed by atoms with Crippen molar-refractivity contribution >= 4 is 11.7 Å². The highest BCUT2D eigenvalue weighted by molar-refractivity contribution is 5.87. The van der Waals surface area contributed by atoms with Gasteiger partial charge in [0, 0.05) is 19.9 Å². The van der Waals surface area contributed by atoms with Crippen LogP contribution in [0.15, 0.2) is 36.5 Å². The Kier molecular flexibility index (Phi) is 5.34. The number of nitrogens with two attached hydrogens (primary N) is 1. The summed E-state index contributed by atoms with van der Waals surface area (Å²) in [5.74, 6) is -0.430. The summed E-state index contributed by atoms with van der Waals surface area (Å²) in [6.45, 7) is 1.03. The van der Waals surface area contributed by atoms with E-state index in [4.69, 9.17) is 15.2 Å². The molecular weight excluding hydrogens is 270 g/mol. The van der Waals surface area contributed by atoms with Crippen LogP contribution >= 0.6 is 0 Å². The molecule has 112 valence electrons. The van der Waals surface area contributed by atoms with E-state index in [9.17, 15) is 4.79 Å². The number of nitrogen functional groups attached to an aromatic ring is 1. The molecule has 2 N–H and O–H groups in total. The number of nitrogens with zero attached hydrogens (tertiary/aromatic N) is 2. The van der Waals surface area contributed by atoms with E-state index in [2.05, 4.69) is 5.10 Å². The maximum absolute atomic E-state index is 11.8. The van der Waals surface area contributed by atoms with Crippen LogP contribution in [0.25, 0.3) is 5.69 Å². The molecule has 2 rings (SSSR count). The third kappa shape index (κ3) is 4.06. The number of esters is 1. The van der Waals surface area contributed by atoms with Crippen molar-refractivity contribution in [3.63, 3.8) is 0 Å². The lowest BCUT2D eigenvalue weighted by molar-refractivity contribution is 0.0482. The normalized spacial score (nSPS) is 10.5. The summed E-state index contributed by atoms with van der Waals surface area (Å²) in [4.78, 5) is 11.8. The molecule has 0 spiro atoms. The van der Waals surface area contributed by atoms with Crippen molar-refractivity contribution in [3.05, 3.63) is 42.2 Å². The molecule has 0 bridgehead atoms. The third-order valence-corrected chi connectivity index (χ3v) is 2.96. The molecule has 6 heteroatoms. The molecule has 0 saturated carbocycles. The van der Waals surface area contributed by atoms with Gasteiger partial charge in [0.05, 0.1) is 18.0 Å². The molecule has 0 atom stereocenters. The quantitative estimate of drug-likeness (QED) is 0.479. The zero-order valence-electron chi connectivity index (χ0n) is 12.0. The van der Waals surface area contributed by atoms with Crippen LogP contribution in [0.1, 0.15) is 23.3 Å². The van der Waals surface area contributed by atoms with Crippen LogP contribution in [0.3, 0.4) is 0 Å². The number of rotatable bonds is 7. The van der Waals surface area contributed by atoms with Gasteiger partial charge < -0.3 is 15.2 Å². The Bertz CT molecular complexity index is 595. The average molecular weight is 289 g/mol. The van der Waals surface area contributed by atoms with Crippen molar-refractivity contribution in [1.82, 2.24) is 9.78 Å². The Labute approximate surface area is 123 Å². The van der Waals surface area contributed by atoms with Crippen molar-refractivity contribution in [1.29, 1.82) is 0 Å². The first-order valence-electron chi connectivity index (χ1n) is 6.79. The van der Waals surface area contributed by atoms with Gasteiger partial charge in [-0.2, -0.15) is 5.10 Å². The van der Waals surface area contributed by atoms with Crippen LogP contribution in [0.5, 0.6) is 0 Å². The standard InChI is InChI=1S/C15H19N3O3/c1-20-10-4-5-11-21-15(19)13-8-9-18(17-13)14-7-3-2-6-12(14)16/h2-3,6-9H,4-5,10-11,16H2,1H3. The zero-order chi connectivity index (χ0) is 15.1. The molecular formula is C15H19N3O3. The fraction of sp³-hybridized carbons (Fsp3) is 0.333. The van der Waals surface area contributed by atoms with Crippen molar-refractivity contribution < 1.29 is 14.3 Å². The molecule has 6 nitrogen and oxygen atoms in total. The lowest BCUT2D eigenvalue weighted by Crippen LogP contribution is -2.09. The van der Waals surface area contributed by atoms with Gasteiger partial charge in [-0.05, 0) is 31.0 Å². The lowest BCUT2D eigenvalue weighted by atomic mass is 10.3. The molecule has 21 heavy (non-hydrogen) atoms. The molecule has 1 heterocycles. The number of methoxy groups -OCH3 is 1. The van der Waals surface area contributed by atoms with Crippen LogP contribution in [-0.2, 0) is 9.47 Å². The summed E-state index contributed by atoms with van der Waals surface area (Å²) in [7, 11) is 1.65. The molecule has 0 aliphatic carbocycles. The summed E-state index contributed by atoms with van der Waals surface area (Å²) in [6, 6.07) is 8.94. The minimum absolute atomic E-state index is 0.269. The van der Waals surface area contributed by atoms with Gasteiger partial charge in [-0.15, -0.1) is 0 Å². The molecule has 0 saturated heterocycles. The Balaban J connectivity index is 1.94. The number of ether oxygens (including phenoxy) is 2. The van der Waals surface area contributed by atoms with E-state index in [1.54, 1.807) is 30.1 Å². The van der Waals surface area contributed by atoms with Gasteiger partial charge in [0.1, 0.15) is 0 Å². The van der Waals surface area contributed by atoms with Crippen LogP contribution in [0, 0.1) is 0 Å². The summed E-state index contributed by atoms with van der Waals surface area (Å²) in [6.07, 6.45) is 3.32. The Morgan fingerprint density at radius 1 is 1.24 bits per heavy atom. The topological polar surface area (TPSA) is 79.4 Å². The summed E-state index contributed by atoms with van der Waals surface area (Å²) in [5.41, 5.74) is 7.47. The molecule has 0 aliphatic heterocycles. The molecule has 0 fully saturated rings.